The Kier molecular flexibility index (Phi) is 2.72. The third-order valence-electron chi connectivity index (χ3n) is 2.73. The van der Waals surface area contributed by atoms with Crippen molar-refractivity contribution in [2.24, 2.45) is 4.99 Å². The standard InChI is InChI=1S/C13H9ClFN3/c14-9-4-1-5-10(11(9)15)18-13-12-8(7-17-13)3-2-6-16-12/h1-6H,7H2,(H,17,18). The van der Waals surface area contributed by atoms with Gasteiger partial charge in [0.1, 0.15) is 5.69 Å². The Morgan fingerprint density at radius 3 is 3.00 bits per heavy atom. The summed E-state index contributed by atoms with van der Waals surface area (Å²) in [5.74, 6) is 0.0954. The Morgan fingerprint density at radius 2 is 2.11 bits per heavy atom. The summed E-state index contributed by atoms with van der Waals surface area (Å²) in [5, 5.41) is 3.02. The maximum absolute atomic E-state index is 13.8. The average Bonchev–Trinajstić information content (AvgIpc) is 2.79. The fourth-order valence-electron chi connectivity index (χ4n) is 1.85. The van der Waals surface area contributed by atoms with Gasteiger partial charge >= 0.3 is 0 Å². The van der Waals surface area contributed by atoms with Crippen LogP contribution in [0, 0.1) is 5.82 Å². The molecule has 18 heavy (non-hydrogen) atoms. The van der Waals surface area contributed by atoms with E-state index in [0.29, 0.717) is 18.1 Å². The maximum Gasteiger partial charge on any atom is 0.165 e. The smallest absolute Gasteiger partial charge is 0.165 e. The predicted octanol–water partition coefficient (Wildman–Crippen LogP) is 3.25. The van der Waals surface area contributed by atoms with E-state index in [9.17, 15) is 4.39 Å². The summed E-state index contributed by atoms with van der Waals surface area (Å²) >= 11 is 5.73. The second kappa shape index (κ2) is 4.38. The van der Waals surface area contributed by atoms with Crippen molar-refractivity contribution in [3.63, 3.8) is 0 Å². The van der Waals surface area contributed by atoms with Crippen LogP contribution in [0.4, 0.5) is 10.1 Å². The molecular weight excluding hydrogens is 253 g/mol. The number of pyridine rings is 1. The highest BCUT2D eigenvalue weighted by molar-refractivity contribution is 6.31. The molecule has 1 aliphatic heterocycles. The van der Waals surface area contributed by atoms with Gasteiger partial charge in [-0.1, -0.05) is 23.7 Å². The largest absolute Gasteiger partial charge is 0.336 e. The number of amidine groups is 1. The molecule has 0 amide bonds. The molecule has 90 valence electrons. The van der Waals surface area contributed by atoms with Crippen LogP contribution in [-0.2, 0) is 6.54 Å². The van der Waals surface area contributed by atoms with Gasteiger partial charge in [0.25, 0.3) is 0 Å². The monoisotopic (exact) mass is 261 g/mol. The third kappa shape index (κ3) is 1.84. The second-order valence-corrected chi connectivity index (χ2v) is 4.31. The summed E-state index contributed by atoms with van der Waals surface area (Å²) in [7, 11) is 0. The topological polar surface area (TPSA) is 37.3 Å². The normalized spacial score (nSPS) is 13.1. The van der Waals surface area contributed by atoms with Crippen LogP contribution in [0.1, 0.15) is 11.3 Å². The number of nitrogens with zero attached hydrogens (tertiary/aromatic N) is 2. The number of aromatic nitrogens is 1. The van der Waals surface area contributed by atoms with E-state index in [0.717, 1.165) is 11.3 Å². The molecule has 1 aromatic heterocycles. The summed E-state index contributed by atoms with van der Waals surface area (Å²) in [6.07, 6.45) is 1.69. The molecule has 1 aromatic carbocycles. The number of halogens is 2. The van der Waals surface area contributed by atoms with Gasteiger partial charge < -0.3 is 5.32 Å². The minimum absolute atomic E-state index is 0.0832. The van der Waals surface area contributed by atoms with Gasteiger partial charge in [0.05, 0.1) is 17.3 Å². The summed E-state index contributed by atoms with van der Waals surface area (Å²) in [6, 6.07) is 8.62. The molecule has 0 unspecified atom stereocenters. The molecule has 0 saturated carbocycles. The molecule has 0 fully saturated rings. The van der Waals surface area contributed by atoms with Crippen molar-refractivity contribution in [2.45, 2.75) is 6.54 Å². The second-order valence-electron chi connectivity index (χ2n) is 3.90. The molecule has 2 heterocycles. The van der Waals surface area contributed by atoms with E-state index in [4.69, 9.17) is 11.6 Å². The first kappa shape index (κ1) is 11.2. The lowest BCUT2D eigenvalue weighted by Crippen LogP contribution is -2.14. The van der Waals surface area contributed by atoms with Crippen molar-refractivity contribution >= 4 is 23.1 Å². The van der Waals surface area contributed by atoms with E-state index < -0.39 is 5.82 Å². The highest BCUT2D eigenvalue weighted by Gasteiger charge is 2.18. The number of anilines is 1. The van der Waals surface area contributed by atoms with Gasteiger partial charge in [-0.25, -0.2) is 4.39 Å². The van der Waals surface area contributed by atoms with Crippen LogP contribution >= 0.6 is 11.6 Å². The summed E-state index contributed by atoms with van der Waals surface area (Å²) < 4.78 is 13.8. The highest BCUT2D eigenvalue weighted by Crippen LogP contribution is 2.24. The van der Waals surface area contributed by atoms with E-state index in [2.05, 4.69) is 15.3 Å². The van der Waals surface area contributed by atoms with Gasteiger partial charge in [0.2, 0.25) is 0 Å². The van der Waals surface area contributed by atoms with Crippen molar-refractivity contribution in [1.82, 2.24) is 4.98 Å². The van der Waals surface area contributed by atoms with E-state index in [1.807, 2.05) is 12.1 Å². The lowest BCUT2D eigenvalue weighted by atomic mass is 10.2. The van der Waals surface area contributed by atoms with E-state index in [-0.39, 0.29) is 5.02 Å². The van der Waals surface area contributed by atoms with E-state index in [1.54, 1.807) is 18.3 Å². The van der Waals surface area contributed by atoms with Crippen molar-refractivity contribution < 1.29 is 4.39 Å². The van der Waals surface area contributed by atoms with Crippen LogP contribution in [0.3, 0.4) is 0 Å². The number of hydrogen-bond donors (Lipinski definition) is 1. The van der Waals surface area contributed by atoms with Gasteiger partial charge in [-0.15, -0.1) is 0 Å². The number of fused-ring (bicyclic) bond motifs is 1. The lowest BCUT2D eigenvalue weighted by Gasteiger charge is -2.08. The van der Waals surface area contributed by atoms with Crippen LogP contribution in [0.25, 0.3) is 0 Å². The molecule has 0 spiro atoms. The fraction of sp³-hybridized carbons (Fsp3) is 0.0769. The van der Waals surface area contributed by atoms with E-state index >= 15 is 0 Å². The van der Waals surface area contributed by atoms with Crippen LogP contribution in [-0.4, -0.2) is 10.8 Å². The first-order valence-corrected chi connectivity index (χ1v) is 5.83. The van der Waals surface area contributed by atoms with E-state index in [1.165, 1.54) is 6.07 Å². The molecule has 0 saturated heterocycles. The molecule has 3 rings (SSSR count). The SMILES string of the molecule is Fc1c(Cl)cccc1NC1=NCc2cccnc21. The Hall–Kier alpha value is -1.94. The zero-order chi connectivity index (χ0) is 12.5. The first-order valence-electron chi connectivity index (χ1n) is 5.45. The molecule has 1 aliphatic rings. The minimum atomic E-state index is -0.480. The average molecular weight is 262 g/mol. The first-order chi connectivity index (χ1) is 8.75. The molecule has 3 nitrogen and oxygen atoms in total. The third-order valence-corrected chi connectivity index (χ3v) is 3.02. The molecule has 5 heteroatoms. The van der Waals surface area contributed by atoms with Gasteiger partial charge in [-0.3, -0.25) is 9.98 Å². The molecule has 1 N–H and O–H groups in total. The van der Waals surface area contributed by atoms with Crippen molar-refractivity contribution in [3.8, 4) is 0 Å². The quantitative estimate of drug-likeness (QED) is 0.856. The summed E-state index contributed by atoms with van der Waals surface area (Å²) in [4.78, 5) is 8.54. The Balaban J connectivity index is 1.93. The molecule has 0 atom stereocenters. The molecular formula is C13H9ClFN3. The van der Waals surface area contributed by atoms with Gasteiger partial charge in [0.15, 0.2) is 11.7 Å². The maximum atomic E-state index is 13.8. The molecule has 0 radical (unpaired) electrons. The minimum Gasteiger partial charge on any atom is -0.336 e. The zero-order valence-electron chi connectivity index (χ0n) is 9.32. The molecule has 0 aliphatic carbocycles. The number of benzene rings is 1. The number of rotatable bonds is 1. The van der Waals surface area contributed by atoms with Crippen molar-refractivity contribution in [1.29, 1.82) is 0 Å². The van der Waals surface area contributed by atoms with Crippen molar-refractivity contribution in [3.05, 3.63) is 58.6 Å². The zero-order valence-corrected chi connectivity index (χ0v) is 10.1. The van der Waals surface area contributed by atoms with Crippen LogP contribution in [0.15, 0.2) is 41.5 Å². The number of nitrogens with one attached hydrogen (secondary N) is 1. The Bertz CT molecular complexity index is 640. The fourth-order valence-corrected chi connectivity index (χ4v) is 2.02. The van der Waals surface area contributed by atoms with Crippen LogP contribution in [0.5, 0.6) is 0 Å². The molecule has 0 bridgehead atoms. The Labute approximate surface area is 108 Å². The molecule has 2 aromatic rings. The number of aliphatic imine (C=N–C) groups is 1. The van der Waals surface area contributed by atoms with Gasteiger partial charge in [0, 0.05) is 11.8 Å². The predicted molar refractivity (Wildman–Crippen MR) is 69.5 cm³/mol. The summed E-state index contributed by atoms with van der Waals surface area (Å²) in [6.45, 7) is 0.563. The van der Waals surface area contributed by atoms with Gasteiger partial charge in [-0.05, 0) is 18.2 Å². The highest BCUT2D eigenvalue weighted by atomic mass is 35.5. The number of hydrogen-bond acceptors (Lipinski definition) is 3. The van der Waals surface area contributed by atoms with Crippen molar-refractivity contribution in [2.75, 3.05) is 5.32 Å². The Morgan fingerprint density at radius 1 is 1.22 bits per heavy atom. The van der Waals surface area contributed by atoms with Crippen LogP contribution < -0.4 is 5.32 Å². The lowest BCUT2D eigenvalue weighted by molar-refractivity contribution is 0.632. The van der Waals surface area contributed by atoms with Gasteiger partial charge in [-0.2, -0.15) is 0 Å². The summed E-state index contributed by atoms with van der Waals surface area (Å²) in [5.41, 5.74) is 2.10. The van der Waals surface area contributed by atoms with Crippen LogP contribution in [0.2, 0.25) is 5.02 Å².